The fraction of sp³-hybridized carbons (Fsp3) is 0.261. The third-order valence-electron chi connectivity index (χ3n) is 5.13. The van der Waals surface area contributed by atoms with Crippen molar-refractivity contribution < 1.29 is 14.3 Å². The molecule has 4 rings (SSSR count). The van der Waals surface area contributed by atoms with Gasteiger partial charge in [-0.2, -0.15) is 0 Å². The van der Waals surface area contributed by atoms with Crippen molar-refractivity contribution in [3.63, 3.8) is 0 Å². The van der Waals surface area contributed by atoms with E-state index in [9.17, 15) is 9.59 Å². The molecule has 0 saturated carbocycles. The van der Waals surface area contributed by atoms with Crippen LogP contribution in [-0.2, 0) is 22.4 Å². The Labute approximate surface area is 163 Å². The van der Waals surface area contributed by atoms with Crippen LogP contribution in [0, 0.1) is 0 Å². The molecule has 0 spiro atoms. The Bertz CT molecular complexity index is 1030. The second kappa shape index (κ2) is 7.80. The van der Waals surface area contributed by atoms with Gasteiger partial charge in [0.25, 0.3) is 5.91 Å². The van der Waals surface area contributed by atoms with Crippen LogP contribution in [-0.4, -0.2) is 23.5 Å². The molecule has 0 radical (unpaired) electrons. The summed E-state index contributed by atoms with van der Waals surface area (Å²) < 4.78 is 5.38. The molecule has 0 bridgehead atoms. The van der Waals surface area contributed by atoms with Gasteiger partial charge in [0.15, 0.2) is 6.61 Å². The van der Waals surface area contributed by atoms with Crippen molar-refractivity contribution in [1.82, 2.24) is 10.3 Å². The molecule has 1 aliphatic carbocycles. The summed E-state index contributed by atoms with van der Waals surface area (Å²) in [5, 5.41) is 3.65. The molecular weight excluding hydrogens is 352 g/mol. The normalized spacial score (nSPS) is 13.8. The van der Waals surface area contributed by atoms with Crippen molar-refractivity contribution in [2.75, 3.05) is 6.61 Å². The first-order valence-corrected chi connectivity index (χ1v) is 9.55. The number of para-hydroxylation sites is 1. The van der Waals surface area contributed by atoms with E-state index in [1.807, 2.05) is 61.5 Å². The lowest BCUT2D eigenvalue weighted by Gasteiger charge is -2.15. The zero-order valence-corrected chi connectivity index (χ0v) is 15.8. The lowest BCUT2D eigenvalue weighted by molar-refractivity contribution is -0.124. The summed E-state index contributed by atoms with van der Waals surface area (Å²) in [6.07, 6.45) is 2.67. The molecule has 5 nitrogen and oxygen atoms in total. The van der Waals surface area contributed by atoms with Crippen molar-refractivity contribution >= 4 is 22.8 Å². The smallest absolute Gasteiger partial charge is 0.339 e. The highest BCUT2D eigenvalue weighted by molar-refractivity contribution is 6.05. The van der Waals surface area contributed by atoms with E-state index in [1.54, 1.807) is 0 Å². The van der Waals surface area contributed by atoms with Gasteiger partial charge in [-0.15, -0.1) is 0 Å². The number of hydrogen-bond donors (Lipinski definition) is 1. The maximum atomic E-state index is 12.8. The van der Waals surface area contributed by atoms with Crippen molar-refractivity contribution in [3.05, 3.63) is 77.0 Å². The van der Waals surface area contributed by atoms with Gasteiger partial charge in [-0.3, -0.25) is 9.78 Å². The van der Waals surface area contributed by atoms with E-state index in [4.69, 9.17) is 4.74 Å². The second-order valence-corrected chi connectivity index (χ2v) is 7.06. The number of fused-ring (bicyclic) bond motifs is 2. The first-order chi connectivity index (χ1) is 13.6. The highest BCUT2D eigenvalue weighted by Gasteiger charge is 2.25. The molecule has 142 valence electrons. The molecule has 0 saturated heterocycles. The van der Waals surface area contributed by atoms with Crippen LogP contribution in [0.3, 0.4) is 0 Å². The topological polar surface area (TPSA) is 68.3 Å². The second-order valence-electron chi connectivity index (χ2n) is 7.06. The van der Waals surface area contributed by atoms with E-state index in [-0.39, 0.29) is 18.6 Å². The number of amides is 1. The molecule has 2 aromatic carbocycles. The number of nitrogens with zero attached hydrogens (tertiary/aromatic N) is 1. The van der Waals surface area contributed by atoms with E-state index in [0.717, 1.165) is 47.0 Å². The average molecular weight is 374 g/mol. The molecule has 1 unspecified atom stereocenters. The van der Waals surface area contributed by atoms with E-state index in [0.29, 0.717) is 5.56 Å². The molecule has 1 heterocycles. The Balaban J connectivity index is 1.48. The molecule has 28 heavy (non-hydrogen) atoms. The van der Waals surface area contributed by atoms with Crippen molar-refractivity contribution in [2.45, 2.75) is 32.2 Å². The monoisotopic (exact) mass is 374 g/mol. The van der Waals surface area contributed by atoms with Gasteiger partial charge in [0, 0.05) is 11.1 Å². The van der Waals surface area contributed by atoms with Crippen molar-refractivity contribution in [2.24, 2.45) is 0 Å². The first-order valence-electron chi connectivity index (χ1n) is 9.55. The summed E-state index contributed by atoms with van der Waals surface area (Å²) in [6, 6.07) is 17.1. The lowest BCUT2D eigenvalue weighted by Crippen LogP contribution is -2.31. The standard InChI is InChI=1S/C23H22N2O3/c1-15(16-8-3-2-4-9-16)24-21(26)14-28-23(27)22-17-10-5-6-12-19(17)25-20-13-7-11-18(20)22/h2-6,8-10,12,15H,7,11,13-14H2,1H3,(H,24,26). The number of nitrogens with one attached hydrogen (secondary N) is 1. The molecule has 1 atom stereocenters. The fourth-order valence-corrected chi connectivity index (χ4v) is 3.76. The molecule has 1 aromatic heterocycles. The number of aryl methyl sites for hydroxylation is 1. The molecule has 1 amide bonds. The van der Waals surface area contributed by atoms with E-state index in [1.165, 1.54) is 0 Å². The van der Waals surface area contributed by atoms with Gasteiger partial charge in [0.2, 0.25) is 0 Å². The summed E-state index contributed by atoms with van der Waals surface area (Å²) in [5.74, 6) is -0.779. The Morgan fingerprint density at radius 3 is 2.64 bits per heavy atom. The van der Waals surface area contributed by atoms with Crippen molar-refractivity contribution in [3.8, 4) is 0 Å². The maximum absolute atomic E-state index is 12.8. The number of carbonyl (C=O) groups excluding carboxylic acids is 2. The molecule has 0 fully saturated rings. The van der Waals surface area contributed by atoms with E-state index >= 15 is 0 Å². The van der Waals surface area contributed by atoms with Crippen LogP contribution in [0.4, 0.5) is 0 Å². The predicted molar refractivity (Wildman–Crippen MR) is 107 cm³/mol. The number of esters is 1. The average Bonchev–Trinajstić information content (AvgIpc) is 3.18. The Morgan fingerprint density at radius 1 is 1.07 bits per heavy atom. The Hall–Kier alpha value is -3.21. The van der Waals surface area contributed by atoms with Crippen LogP contribution in [0.25, 0.3) is 10.9 Å². The number of rotatable bonds is 5. The highest BCUT2D eigenvalue weighted by Crippen LogP contribution is 2.30. The third-order valence-corrected chi connectivity index (χ3v) is 5.13. The largest absolute Gasteiger partial charge is 0.452 e. The zero-order chi connectivity index (χ0) is 19.5. The van der Waals surface area contributed by atoms with Gasteiger partial charge >= 0.3 is 5.97 Å². The van der Waals surface area contributed by atoms with Gasteiger partial charge in [0.05, 0.1) is 17.1 Å². The van der Waals surface area contributed by atoms with Crippen molar-refractivity contribution in [1.29, 1.82) is 0 Å². The lowest BCUT2D eigenvalue weighted by atomic mass is 10.0. The third kappa shape index (κ3) is 3.60. The van der Waals surface area contributed by atoms with Gasteiger partial charge < -0.3 is 10.1 Å². The summed E-state index contributed by atoms with van der Waals surface area (Å²) in [6.45, 7) is 1.60. The van der Waals surface area contributed by atoms with Crippen LogP contribution < -0.4 is 5.32 Å². The molecule has 1 N–H and O–H groups in total. The number of benzene rings is 2. The number of pyridine rings is 1. The SMILES string of the molecule is CC(NC(=O)COC(=O)c1c2c(nc3ccccc13)CCC2)c1ccccc1. The van der Waals surface area contributed by atoms with Crippen LogP contribution in [0.5, 0.6) is 0 Å². The van der Waals surface area contributed by atoms with Crippen LogP contribution >= 0.6 is 0 Å². The molecular formula is C23H22N2O3. The van der Waals surface area contributed by atoms with Crippen LogP contribution in [0.2, 0.25) is 0 Å². The minimum Gasteiger partial charge on any atom is -0.452 e. The van der Waals surface area contributed by atoms with Gasteiger partial charge in [0.1, 0.15) is 0 Å². The predicted octanol–water partition coefficient (Wildman–Crippen LogP) is 3.76. The van der Waals surface area contributed by atoms with Crippen LogP contribution in [0.1, 0.15) is 46.6 Å². The van der Waals surface area contributed by atoms with Gasteiger partial charge in [-0.1, -0.05) is 48.5 Å². The highest BCUT2D eigenvalue weighted by atomic mass is 16.5. The zero-order valence-electron chi connectivity index (χ0n) is 15.8. The molecule has 1 aliphatic rings. The summed E-state index contributed by atoms with van der Waals surface area (Å²) in [4.78, 5) is 29.8. The van der Waals surface area contributed by atoms with Gasteiger partial charge in [-0.05, 0) is 43.4 Å². The maximum Gasteiger partial charge on any atom is 0.339 e. The van der Waals surface area contributed by atoms with Crippen LogP contribution in [0.15, 0.2) is 54.6 Å². The molecule has 5 heteroatoms. The van der Waals surface area contributed by atoms with Gasteiger partial charge in [-0.25, -0.2) is 4.79 Å². The number of carbonyl (C=O) groups is 2. The summed E-state index contributed by atoms with van der Waals surface area (Å²) in [7, 11) is 0. The summed E-state index contributed by atoms with van der Waals surface area (Å²) in [5.41, 5.74) is 4.27. The van der Waals surface area contributed by atoms with E-state index in [2.05, 4.69) is 10.3 Å². The quantitative estimate of drug-likeness (QED) is 0.691. The minimum atomic E-state index is -0.459. The number of hydrogen-bond acceptors (Lipinski definition) is 4. The molecule has 3 aromatic rings. The van der Waals surface area contributed by atoms with E-state index < -0.39 is 5.97 Å². The molecule has 0 aliphatic heterocycles. The Kier molecular flexibility index (Phi) is 5.06. The number of ether oxygens (including phenoxy) is 1. The minimum absolute atomic E-state index is 0.154. The summed E-state index contributed by atoms with van der Waals surface area (Å²) >= 11 is 0. The first kappa shape index (κ1) is 18.2. The Morgan fingerprint density at radius 2 is 1.82 bits per heavy atom. The fourth-order valence-electron chi connectivity index (χ4n) is 3.76. The number of aromatic nitrogens is 1.